The Morgan fingerprint density at radius 3 is 2.88 bits per heavy atom. The average Bonchev–Trinajstić information content (AvgIpc) is 2.65. The molecule has 1 atom stereocenters. The van der Waals surface area contributed by atoms with Crippen molar-refractivity contribution in [3.63, 3.8) is 0 Å². The molecular weight excluding hydrogens is 208 g/mol. The van der Waals surface area contributed by atoms with Crippen molar-refractivity contribution in [2.45, 2.75) is 32.4 Å². The molecule has 1 aliphatic heterocycles. The molecule has 0 amide bonds. The number of fused-ring (bicyclic) bond motifs is 1. The molecule has 0 N–H and O–H groups in total. The highest BCUT2D eigenvalue weighted by molar-refractivity contribution is 5.89. The van der Waals surface area contributed by atoms with Crippen molar-refractivity contribution in [1.29, 1.82) is 0 Å². The van der Waals surface area contributed by atoms with Gasteiger partial charge in [0.2, 0.25) is 0 Å². The van der Waals surface area contributed by atoms with Crippen LogP contribution in [-0.2, 0) is 22.4 Å². The molecule has 0 bridgehead atoms. The lowest BCUT2D eigenvalue weighted by Crippen LogP contribution is -2.25. The van der Waals surface area contributed by atoms with E-state index in [1.807, 2.05) is 11.6 Å². The number of ether oxygens (including phenoxy) is 2. The van der Waals surface area contributed by atoms with Crippen LogP contribution < -0.4 is 0 Å². The van der Waals surface area contributed by atoms with Gasteiger partial charge in [0.25, 0.3) is 0 Å². The molecule has 5 heteroatoms. The van der Waals surface area contributed by atoms with Crippen LogP contribution in [0.25, 0.3) is 0 Å². The molecule has 0 aromatic carbocycles. The molecule has 1 unspecified atom stereocenters. The summed E-state index contributed by atoms with van der Waals surface area (Å²) in [7, 11) is 3.09. The van der Waals surface area contributed by atoms with E-state index in [9.17, 15) is 4.79 Å². The number of nitrogens with zero attached hydrogens (tertiary/aromatic N) is 2. The van der Waals surface area contributed by atoms with Gasteiger partial charge in [0, 0.05) is 31.3 Å². The van der Waals surface area contributed by atoms with Gasteiger partial charge in [-0.15, -0.1) is 0 Å². The first-order valence-electron chi connectivity index (χ1n) is 5.34. The predicted molar refractivity (Wildman–Crippen MR) is 57.4 cm³/mol. The van der Waals surface area contributed by atoms with E-state index in [1.165, 1.54) is 7.11 Å². The Balaban J connectivity index is 2.34. The lowest BCUT2D eigenvalue weighted by atomic mass is 10.0. The summed E-state index contributed by atoms with van der Waals surface area (Å²) < 4.78 is 11.9. The fraction of sp³-hybridized carbons (Fsp3) is 0.636. The van der Waals surface area contributed by atoms with E-state index >= 15 is 0 Å². The maximum atomic E-state index is 11.5. The summed E-state index contributed by atoms with van der Waals surface area (Å²) in [6, 6.07) is 0. The van der Waals surface area contributed by atoms with Crippen molar-refractivity contribution >= 4 is 5.97 Å². The van der Waals surface area contributed by atoms with Crippen molar-refractivity contribution in [3.8, 4) is 0 Å². The van der Waals surface area contributed by atoms with Crippen LogP contribution in [0, 0.1) is 6.92 Å². The van der Waals surface area contributed by atoms with E-state index in [0.717, 1.165) is 30.6 Å². The van der Waals surface area contributed by atoms with Gasteiger partial charge in [-0.3, -0.25) is 4.68 Å². The Hall–Kier alpha value is -1.36. The zero-order valence-electron chi connectivity index (χ0n) is 9.82. The van der Waals surface area contributed by atoms with Crippen LogP contribution in [0.15, 0.2) is 0 Å². The Kier molecular flexibility index (Phi) is 2.96. The van der Waals surface area contributed by atoms with E-state index in [0.29, 0.717) is 5.69 Å². The SMILES string of the molecule is COC(=O)c1nn2c(c1C)CC(OC)CC2. The van der Waals surface area contributed by atoms with Gasteiger partial charge in [-0.25, -0.2) is 4.79 Å². The van der Waals surface area contributed by atoms with Gasteiger partial charge in [-0.05, 0) is 13.3 Å². The van der Waals surface area contributed by atoms with Crippen LogP contribution in [-0.4, -0.2) is 36.1 Å². The van der Waals surface area contributed by atoms with Gasteiger partial charge < -0.3 is 9.47 Å². The van der Waals surface area contributed by atoms with Gasteiger partial charge in [-0.1, -0.05) is 0 Å². The van der Waals surface area contributed by atoms with Crippen molar-refractivity contribution < 1.29 is 14.3 Å². The minimum absolute atomic E-state index is 0.230. The van der Waals surface area contributed by atoms with Crippen molar-refractivity contribution in [1.82, 2.24) is 9.78 Å². The molecule has 1 aromatic rings. The Morgan fingerprint density at radius 2 is 2.25 bits per heavy atom. The second kappa shape index (κ2) is 4.25. The monoisotopic (exact) mass is 224 g/mol. The molecule has 0 fully saturated rings. The molecule has 0 saturated heterocycles. The molecule has 5 nitrogen and oxygen atoms in total. The summed E-state index contributed by atoms with van der Waals surface area (Å²) >= 11 is 0. The Morgan fingerprint density at radius 1 is 1.50 bits per heavy atom. The van der Waals surface area contributed by atoms with E-state index in [2.05, 4.69) is 5.10 Å². The quantitative estimate of drug-likeness (QED) is 0.701. The predicted octanol–water partition coefficient (Wildman–Crippen LogP) is 0.939. The van der Waals surface area contributed by atoms with Gasteiger partial charge in [0.05, 0.1) is 13.2 Å². The summed E-state index contributed by atoms with van der Waals surface area (Å²) in [6.45, 7) is 2.70. The molecule has 2 heterocycles. The molecule has 0 aliphatic carbocycles. The minimum atomic E-state index is -0.367. The fourth-order valence-electron chi connectivity index (χ4n) is 2.11. The summed E-state index contributed by atoms with van der Waals surface area (Å²) in [5.74, 6) is -0.367. The molecule has 0 spiro atoms. The number of esters is 1. The molecule has 2 rings (SSSR count). The number of carbonyl (C=O) groups excluding carboxylic acids is 1. The summed E-state index contributed by atoms with van der Waals surface area (Å²) in [5.41, 5.74) is 2.42. The molecule has 1 aliphatic rings. The van der Waals surface area contributed by atoms with E-state index in [1.54, 1.807) is 7.11 Å². The highest BCUT2D eigenvalue weighted by Gasteiger charge is 2.26. The Bertz CT molecular complexity index is 412. The summed E-state index contributed by atoms with van der Waals surface area (Å²) in [5, 5.41) is 4.28. The maximum Gasteiger partial charge on any atom is 0.358 e. The van der Waals surface area contributed by atoms with Crippen LogP contribution >= 0.6 is 0 Å². The van der Waals surface area contributed by atoms with Gasteiger partial charge in [0.15, 0.2) is 5.69 Å². The summed E-state index contributed by atoms with van der Waals surface area (Å²) in [6.07, 6.45) is 1.98. The Labute approximate surface area is 94.3 Å². The fourth-order valence-corrected chi connectivity index (χ4v) is 2.11. The minimum Gasteiger partial charge on any atom is -0.464 e. The number of rotatable bonds is 2. The normalized spacial score (nSPS) is 19.3. The molecule has 1 aromatic heterocycles. The van der Waals surface area contributed by atoms with Gasteiger partial charge >= 0.3 is 5.97 Å². The summed E-state index contributed by atoms with van der Waals surface area (Å²) in [4.78, 5) is 11.5. The lowest BCUT2D eigenvalue weighted by molar-refractivity contribution is 0.0591. The van der Waals surface area contributed by atoms with Crippen LogP contribution in [0.5, 0.6) is 0 Å². The first kappa shape index (κ1) is 11.1. The molecule has 16 heavy (non-hydrogen) atoms. The van der Waals surface area contributed by atoms with E-state index < -0.39 is 0 Å². The number of aryl methyl sites for hydroxylation is 1. The molecular formula is C11H16N2O3. The maximum absolute atomic E-state index is 11.5. The molecule has 88 valence electrons. The zero-order valence-corrected chi connectivity index (χ0v) is 9.82. The van der Waals surface area contributed by atoms with Crippen LogP contribution in [0.4, 0.5) is 0 Å². The number of hydrogen-bond acceptors (Lipinski definition) is 4. The van der Waals surface area contributed by atoms with Crippen molar-refractivity contribution in [2.75, 3.05) is 14.2 Å². The second-order valence-corrected chi connectivity index (χ2v) is 3.99. The topological polar surface area (TPSA) is 53.3 Å². The van der Waals surface area contributed by atoms with Gasteiger partial charge in [-0.2, -0.15) is 5.10 Å². The number of methoxy groups -OCH3 is 2. The molecule has 0 radical (unpaired) electrons. The van der Waals surface area contributed by atoms with Gasteiger partial charge in [0.1, 0.15) is 0 Å². The first-order valence-corrected chi connectivity index (χ1v) is 5.34. The lowest BCUT2D eigenvalue weighted by Gasteiger charge is -2.22. The third-order valence-electron chi connectivity index (χ3n) is 3.12. The van der Waals surface area contributed by atoms with E-state index in [4.69, 9.17) is 9.47 Å². The van der Waals surface area contributed by atoms with E-state index in [-0.39, 0.29) is 12.1 Å². The van der Waals surface area contributed by atoms with Crippen molar-refractivity contribution in [2.24, 2.45) is 0 Å². The number of hydrogen-bond donors (Lipinski definition) is 0. The van der Waals surface area contributed by atoms with Crippen molar-refractivity contribution in [3.05, 3.63) is 17.0 Å². The first-order chi connectivity index (χ1) is 7.67. The highest BCUT2D eigenvalue weighted by atomic mass is 16.5. The third kappa shape index (κ3) is 1.71. The largest absolute Gasteiger partial charge is 0.464 e. The second-order valence-electron chi connectivity index (χ2n) is 3.99. The molecule has 0 saturated carbocycles. The van der Waals surface area contributed by atoms with Crippen LogP contribution in [0.2, 0.25) is 0 Å². The number of carbonyl (C=O) groups is 1. The third-order valence-corrected chi connectivity index (χ3v) is 3.12. The van der Waals surface area contributed by atoms with Crippen LogP contribution in [0.1, 0.15) is 28.2 Å². The number of aromatic nitrogens is 2. The van der Waals surface area contributed by atoms with Crippen LogP contribution in [0.3, 0.4) is 0 Å². The standard InChI is InChI=1S/C11H16N2O3/c1-7-9-6-8(15-2)4-5-13(9)12-10(7)11(14)16-3/h8H,4-6H2,1-3H3. The highest BCUT2D eigenvalue weighted by Crippen LogP contribution is 2.22. The average molecular weight is 224 g/mol. The zero-order chi connectivity index (χ0) is 11.7. The smallest absolute Gasteiger partial charge is 0.358 e.